The van der Waals surface area contributed by atoms with Crippen molar-refractivity contribution < 1.29 is 4.74 Å². The number of ether oxygens (including phenoxy) is 1. The highest BCUT2D eigenvalue weighted by Gasteiger charge is 2.15. The number of morpholine rings is 1. The molecule has 0 bridgehead atoms. The molecule has 4 rings (SSSR count). The van der Waals surface area contributed by atoms with Gasteiger partial charge >= 0.3 is 0 Å². The van der Waals surface area contributed by atoms with E-state index >= 15 is 0 Å². The maximum atomic E-state index is 5.48. The maximum Gasteiger partial charge on any atom is 0.229 e. The molecule has 5 nitrogen and oxygen atoms in total. The quantitative estimate of drug-likeness (QED) is 0.736. The minimum Gasteiger partial charge on any atom is -0.378 e. The monoisotopic (exact) mass is 360 g/mol. The Hall–Kier alpha value is -2.92. The Labute approximate surface area is 160 Å². The molecule has 3 aromatic rings. The van der Waals surface area contributed by atoms with Crippen LogP contribution in [0.1, 0.15) is 12.5 Å². The first kappa shape index (κ1) is 17.5. The van der Waals surface area contributed by atoms with E-state index in [1.165, 1.54) is 5.56 Å². The molecule has 138 valence electrons. The van der Waals surface area contributed by atoms with E-state index in [0.717, 1.165) is 55.5 Å². The molecule has 0 saturated carbocycles. The lowest BCUT2D eigenvalue weighted by atomic mass is 10.1. The van der Waals surface area contributed by atoms with E-state index in [9.17, 15) is 0 Å². The van der Waals surface area contributed by atoms with Gasteiger partial charge in [0.2, 0.25) is 5.95 Å². The number of hydrogen-bond acceptors (Lipinski definition) is 5. The van der Waals surface area contributed by atoms with Crippen molar-refractivity contribution >= 4 is 17.5 Å². The minimum atomic E-state index is 0.613. The summed E-state index contributed by atoms with van der Waals surface area (Å²) in [6.45, 7) is 5.30. The number of aromatic nitrogens is 2. The number of benzene rings is 2. The zero-order valence-electron chi connectivity index (χ0n) is 15.6. The van der Waals surface area contributed by atoms with Crippen LogP contribution in [0.3, 0.4) is 0 Å². The Morgan fingerprint density at radius 2 is 1.70 bits per heavy atom. The summed E-state index contributed by atoms with van der Waals surface area (Å²) in [4.78, 5) is 11.8. The van der Waals surface area contributed by atoms with Crippen molar-refractivity contribution in [2.45, 2.75) is 13.3 Å². The molecule has 0 aliphatic carbocycles. The van der Waals surface area contributed by atoms with Gasteiger partial charge in [-0.15, -0.1) is 0 Å². The average molecular weight is 360 g/mol. The summed E-state index contributed by atoms with van der Waals surface area (Å²) >= 11 is 0. The Kier molecular flexibility index (Phi) is 5.30. The van der Waals surface area contributed by atoms with Gasteiger partial charge < -0.3 is 15.0 Å². The van der Waals surface area contributed by atoms with E-state index in [4.69, 9.17) is 14.7 Å². The third-order valence-electron chi connectivity index (χ3n) is 4.74. The van der Waals surface area contributed by atoms with Crippen LogP contribution in [0.2, 0.25) is 0 Å². The molecule has 2 aromatic carbocycles. The van der Waals surface area contributed by atoms with E-state index in [1.807, 2.05) is 18.2 Å². The standard InChI is InChI=1S/C22H24N4O/c1-2-17-8-10-19(11-9-17)23-22-24-20(18-6-4-3-5-7-18)16-21(25-22)26-12-14-27-15-13-26/h3-11,16H,2,12-15H2,1H3,(H,23,24,25). The van der Waals surface area contributed by atoms with Crippen molar-refractivity contribution in [1.29, 1.82) is 0 Å². The van der Waals surface area contributed by atoms with Crippen molar-refractivity contribution in [3.05, 3.63) is 66.2 Å². The van der Waals surface area contributed by atoms with Gasteiger partial charge in [0.1, 0.15) is 5.82 Å². The third-order valence-corrected chi connectivity index (χ3v) is 4.74. The van der Waals surface area contributed by atoms with Crippen molar-refractivity contribution in [2.24, 2.45) is 0 Å². The predicted molar refractivity (Wildman–Crippen MR) is 110 cm³/mol. The number of rotatable bonds is 5. The molecule has 1 aliphatic heterocycles. The molecule has 2 heterocycles. The van der Waals surface area contributed by atoms with Crippen molar-refractivity contribution in [2.75, 3.05) is 36.5 Å². The highest BCUT2D eigenvalue weighted by molar-refractivity contribution is 5.66. The van der Waals surface area contributed by atoms with Crippen LogP contribution >= 0.6 is 0 Å². The van der Waals surface area contributed by atoms with Crippen LogP contribution in [-0.4, -0.2) is 36.3 Å². The summed E-state index contributed by atoms with van der Waals surface area (Å²) in [5.74, 6) is 1.54. The number of aryl methyl sites for hydroxylation is 1. The Morgan fingerprint density at radius 3 is 2.41 bits per heavy atom. The zero-order valence-corrected chi connectivity index (χ0v) is 15.6. The molecule has 0 radical (unpaired) electrons. The summed E-state index contributed by atoms with van der Waals surface area (Å²) in [6, 6.07) is 20.7. The first-order valence-corrected chi connectivity index (χ1v) is 9.45. The van der Waals surface area contributed by atoms with Crippen LogP contribution < -0.4 is 10.2 Å². The molecule has 1 aromatic heterocycles. The molecule has 1 fully saturated rings. The summed E-state index contributed by atoms with van der Waals surface area (Å²) in [5, 5.41) is 3.36. The second-order valence-corrected chi connectivity index (χ2v) is 6.58. The molecular formula is C22H24N4O. The summed E-state index contributed by atoms with van der Waals surface area (Å²) in [5.41, 5.74) is 4.30. The SMILES string of the molecule is CCc1ccc(Nc2nc(-c3ccccc3)cc(N3CCOCC3)n2)cc1. The van der Waals surface area contributed by atoms with Crippen LogP contribution in [0.4, 0.5) is 17.5 Å². The summed E-state index contributed by atoms with van der Waals surface area (Å²) in [6.07, 6.45) is 1.03. The smallest absolute Gasteiger partial charge is 0.229 e. The molecular weight excluding hydrogens is 336 g/mol. The highest BCUT2D eigenvalue weighted by Crippen LogP contribution is 2.25. The predicted octanol–water partition coefficient (Wildman–Crippen LogP) is 4.29. The van der Waals surface area contributed by atoms with Crippen LogP contribution in [0.5, 0.6) is 0 Å². The lowest BCUT2D eigenvalue weighted by molar-refractivity contribution is 0.122. The number of nitrogens with one attached hydrogen (secondary N) is 1. The molecule has 1 N–H and O–H groups in total. The molecule has 1 aliphatic rings. The molecule has 5 heteroatoms. The van der Waals surface area contributed by atoms with E-state index < -0.39 is 0 Å². The van der Waals surface area contributed by atoms with E-state index in [2.05, 4.69) is 59.6 Å². The number of nitrogens with zero attached hydrogens (tertiary/aromatic N) is 3. The van der Waals surface area contributed by atoms with Gasteiger partial charge in [-0.25, -0.2) is 4.98 Å². The zero-order chi connectivity index (χ0) is 18.5. The maximum absolute atomic E-state index is 5.48. The van der Waals surface area contributed by atoms with Gasteiger partial charge in [-0.2, -0.15) is 4.98 Å². The van der Waals surface area contributed by atoms with E-state index in [0.29, 0.717) is 5.95 Å². The molecule has 27 heavy (non-hydrogen) atoms. The van der Waals surface area contributed by atoms with Gasteiger partial charge in [-0.3, -0.25) is 0 Å². The molecule has 0 atom stereocenters. The van der Waals surface area contributed by atoms with Crippen LogP contribution in [-0.2, 0) is 11.2 Å². The fourth-order valence-electron chi connectivity index (χ4n) is 3.15. The number of anilines is 3. The lowest BCUT2D eigenvalue weighted by Gasteiger charge is -2.28. The number of hydrogen-bond donors (Lipinski definition) is 1. The summed E-state index contributed by atoms with van der Waals surface area (Å²) < 4.78 is 5.48. The van der Waals surface area contributed by atoms with Gasteiger partial charge in [-0.05, 0) is 24.1 Å². The summed E-state index contributed by atoms with van der Waals surface area (Å²) in [7, 11) is 0. The average Bonchev–Trinajstić information content (AvgIpc) is 2.75. The van der Waals surface area contributed by atoms with Gasteiger partial charge in [0, 0.05) is 30.4 Å². The van der Waals surface area contributed by atoms with Crippen LogP contribution in [0, 0.1) is 0 Å². The highest BCUT2D eigenvalue weighted by atomic mass is 16.5. The Balaban J connectivity index is 1.68. The van der Waals surface area contributed by atoms with Crippen molar-refractivity contribution in [3.8, 4) is 11.3 Å². The Bertz CT molecular complexity index is 875. The van der Waals surface area contributed by atoms with E-state index in [1.54, 1.807) is 0 Å². The lowest BCUT2D eigenvalue weighted by Crippen LogP contribution is -2.36. The molecule has 0 unspecified atom stereocenters. The Morgan fingerprint density at radius 1 is 0.963 bits per heavy atom. The van der Waals surface area contributed by atoms with Crippen LogP contribution in [0.15, 0.2) is 60.7 Å². The second-order valence-electron chi connectivity index (χ2n) is 6.58. The van der Waals surface area contributed by atoms with Gasteiger partial charge in [-0.1, -0.05) is 49.4 Å². The largest absolute Gasteiger partial charge is 0.378 e. The molecule has 0 amide bonds. The fourth-order valence-corrected chi connectivity index (χ4v) is 3.15. The second kappa shape index (κ2) is 8.18. The molecule has 1 saturated heterocycles. The van der Waals surface area contributed by atoms with Crippen molar-refractivity contribution in [3.63, 3.8) is 0 Å². The minimum absolute atomic E-state index is 0.613. The topological polar surface area (TPSA) is 50.3 Å². The van der Waals surface area contributed by atoms with Gasteiger partial charge in [0.25, 0.3) is 0 Å². The third kappa shape index (κ3) is 4.26. The van der Waals surface area contributed by atoms with Gasteiger partial charge in [0.05, 0.1) is 18.9 Å². The van der Waals surface area contributed by atoms with Crippen molar-refractivity contribution in [1.82, 2.24) is 9.97 Å². The fraction of sp³-hybridized carbons (Fsp3) is 0.273. The first-order chi connectivity index (χ1) is 13.3. The van der Waals surface area contributed by atoms with Gasteiger partial charge in [0.15, 0.2) is 0 Å². The van der Waals surface area contributed by atoms with E-state index in [-0.39, 0.29) is 0 Å². The normalized spacial score (nSPS) is 14.2. The van der Waals surface area contributed by atoms with Crippen LogP contribution in [0.25, 0.3) is 11.3 Å². The first-order valence-electron chi connectivity index (χ1n) is 9.45. The molecule has 0 spiro atoms.